The van der Waals surface area contributed by atoms with Crippen LogP contribution >= 0.6 is 0 Å². The number of rotatable bonds is 6. The number of aromatic nitrogens is 1. The summed E-state index contributed by atoms with van der Waals surface area (Å²) in [5, 5.41) is 5.63. The molecule has 2 aliphatic rings. The second kappa shape index (κ2) is 9.73. The van der Waals surface area contributed by atoms with Crippen molar-refractivity contribution in [2.75, 3.05) is 29.5 Å². The fraction of sp³-hybridized carbons (Fsp3) is 0.417. The highest BCUT2D eigenvalue weighted by atomic mass is 16.2. The summed E-state index contributed by atoms with van der Waals surface area (Å²) in [5.41, 5.74) is 9.31. The Morgan fingerprint density at radius 1 is 1.06 bits per heavy atom. The van der Waals surface area contributed by atoms with Crippen LogP contribution in [0.3, 0.4) is 0 Å². The molecule has 2 aromatic rings. The van der Waals surface area contributed by atoms with Gasteiger partial charge >= 0.3 is 0 Å². The third-order valence-corrected chi connectivity index (χ3v) is 6.19. The van der Waals surface area contributed by atoms with Gasteiger partial charge in [-0.25, -0.2) is 9.56 Å². The van der Waals surface area contributed by atoms with Crippen molar-refractivity contribution in [1.29, 1.82) is 0 Å². The third kappa shape index (κ3) is 5.29. The topological polar surface area (TPSA) is 100 Å². The molecular formula is C24H30N5O2+. The maximum Gasteiger partial charge on any atom is 0.274 e. The van der Waals surface area contributed by atoms with Gasteiger partial charge in [0.15, 0.2) is 12.3 Å². The Morgan fingerprint density at radius 2 is 1.90 bits per heavy atom. The first-order valence-electron chi connectivity index (χ1n) is 11.1. The molecule has 0 spiro atoms. The first-order chi connectivity index (χ1) is 15.1. The van der Waals surface area contributed by atoms with Crippen molar-refractivity contribution in [3.8, 4) is 0 Å². The normalized spacial score (nSPS) is 18.3. The average molecular weight is 421 g/mol. The maximum absolute atomic E-state index is 12.4. The van der Waals surface area contributed by atoms with Crippen LogP contribution in [0.5, 0.6) is 0 Å². The molecule has 2 amide bonds. The van der Waals surface area contributed by atoms with Gasteiger partial charge in [-0.1, -0.05) is 18.6 Å². The zero-order chi connectivity index (χ0) is 21.6. The molecule has 1 saturated carbocycles. The molecule has 1 aliphatic carbocycles. The van der Waals surface area contributed by atoms with Crippen LogP contribution in [0.15, 0.2) is 42.6 Å². The van der Waals surface area contributed by atoms with Gasteiger partial charge in [-0.3, -0.25) is 9.59 Å². The van der Waals surface area contributed by atoms with E-state index in [1.54, 1.807) is 42.1 Å². The molecule has 1 aromatic carbocycles. The molecule has 7 heteroatoms. The second-order valence-electron chi connectivity index (χ2n) is 8.33. The van der Waals surface area contributed by atoms with Crippen LogP contribution in [-0.2, 0) is 4.79 Å². The summed E-state index contributed by atoms with van der Waals surface area (Å²) in [6.07, 6.45) is 9.59. The number of hydrogen-bond donors (Lipinski definition) is 3. The number of nitrogens with zero attached hydrogens (tertiary/aromatic N) is 2. The van der Waals surface area contributed by atoms with Gasteiger partial charge in [0, 0.05) is 18.8 Å². The fourth-order valence-corrected chi connectivity index (χ4v) is 4.58. The van der Waals surface area contributed by atoms with Crippen LogP contribution in [0.4, 0.5) is 17.1 Å². The summed E-state index contributed by atoms with van der Waals surface area (Å²) in [7, 11) is 0. The number of carbonyl (C=O) groups is 2. The van der Waals surface area contributed by atoms with Gasteiger partial charge in [0.05, 0.1) is 29.7 Å². The monoisotopic (exact) mass is 420 g/mol. The summed E-state index contributed by atoms with van der Waals surface area (Å²) in [5.74, 6) is 0.356. The Balaban J connectivity index is 1.30. The molecule has 0 bridgehead atoms. The third-order valence-electron chi connectivity index (χ3n) is 6.19. The number of amides is 2. The van der Waals surface area contributed by atoms with Crippen LogP contribution < -0.4 is 16.4 Å². The highest BCUT2D eigenvalue weighted by molar-refractivity contribution is 6.04. The Kier molecular flexibility index (Phi) is 6.60. The number of fused-ring (bicyclic) bond motifs is 1. The lowest BCUT2D eigenvalue weighted by Gasteiger charge is -2.27. The van der Waals surface area contributed by atoms with E-state index in [1.807, 2.05) is 0 Å². The van der Waals surface area contributed by atoms with E-state index in [1.165, 1.54) is 44.7 Å². The van der Waals surface area contributed by atoms with Crippen LogP contribution in [0.2, 0.25) is 0 Å². The largest absolute Gasteiger partial charge is 0.397 e. The SMILES string of the molecule is Nc1ccccc1NC(=O)c1ccc(NC(=O)CC[N+]2=C3CCCC[C@H]3CCC2)cn1. The van der Waals surface area contributed by atoms with Crippen LogP contribution in [0, 0.1) is 5.92 Å². The Morgan fingerprint density at radius 3 is 2.71 bits per heavy atom. The minimum absolute atomic E-state index is 0.0328. The predicted molar refractivity (Wildman–Crippen MR) is 122 cm³/mol. The van der Waals surface area contributed by atoms with E-state index < -0.39 is 0 Å². The van der Waals surface area contributed by atoms with Gasteiger partial charge in [-0.05, 0) is 43.5 Å². The molecule has 0 unspecified atom stereocenters. The number of nitrogens with two attached hydrogens (primary N) is 1. The number of hydrogen-bond acceptors (Lipinski definition) is 4. The molecule has 31 heavy (non-hydrogen) atoms. The summed E-state index contributed by atoms with van der Waals surface area (Å²) >= 11 is 0. The molecule has 162 valence electrons. The van der Waals surface area contributed by atoms with E-state index in [0.717, 1.165) is 19.0 Å². The van der Waals surface area contributed by atoms with Crippen molar-refractivity contribution in [2.24, 2.45) is 5.92 Å². The van der Waals surface area contributed by atoms with Gasteiger partial charge in [-0.15, -0.1) is 0 Å². The molecule has 0 radical (unpaired) electrons. The molecule has 2 heterocycles. The summed E-state index contributed by atoms with van der Waals surface area (Å²) in [4.78, 5) is 29.0. The number of benzene rings is 1. The zero-order valence-electron chi connectivity index (χ0n) is 17.8. The molecular weight excluding hydrogens is 390 g/mol. The van der Waals surface area contributed by atoms with Crippen molar-refractivity contribution < 1.29 is 14.2 Å². The first kappa shape index (κ1) is 21.0. The minimum atomic E-state index is -0.347. The van der Waals surface area contributed by atoms with Crippen molar-refractivity contribution in [3.63, 3.8) is 0 Å². The summed E-state index contributed by atoms with van der Waals surface area (Å²) < 4.78 is 2.44. The Hall–Kier alpha value is -3.22. The average Bonchev–Trinajstić information content (AvgIpc) is 2.79. The van der Waals surface area contributed by atoms with E-state index >= 15 is 0 Å². The van der Waals surface area contributed by atoms with Gasteiger partial charge in [0.2, 0.25) is 5.91 Å². The smallest absolute Gasteiger partial charge is 0.274 e. The van der Waals surface area contributed by atoms with E-state index in [0.29, 0.717) is 23.5 Å². The zero-order valence-corrected chi connectivity index (χ0v) is 17.8. The maximum atomic E-state index is 12.4. The summed E-state index contributed by atoms with van der Waals surface area (Å²) in [6, 6.07) is 10.3. The van der Waals surface area contributed by atoms with Crippen molar-refractivity contribution in [2.45, 2.75) is 44.9 Å². The second-order valence-corrected chi connectivity index (χ2v) is 8.33. The molecule has 1 atom stereocenters. The number of nitrogen functional groups attached to an aromatic ring is 1. The molecule has 1 aromatic heterocycles. The Bertz CT molecular complexity index is 984. The molecule has 4 N–H and O–H groups in total. The fourth-order valence-electron chi connectivity index (χ4n) is 4.58. The predicted octanol–water partition coefficient (Wildman–Crippen LogP) is 3.68. The number of carbonyl (C=O) groups excluding carboxylic acids is 2. The van der Waals surface area contributed by atoms with Crippen molar-refractivity contribution in [1.82, 2.24) is 4.98 Å². The number of para-hydroxylation sites is 2. The number of nitrogens with one attached hydrogen (secondary N) is 2. The van der Waals surface area contributed by atoms with Crippen LogP contribution in [0.1, 0.15) is 55.4 Å². The van der Waals surface area contributed by atoms with Gasteiger partial charge in [0.1, 0.15) is 12.2 Å². The van der Waals surface area contributed by atoms with E-state index in [4.69, 9.17) is 5.73 Å². The lowest BCUT2D eigenvalue weighted by Crippen LogP contribution is -2.37. The van der Waals surface area contributed by atoms with Gasteiger partial charge in [0.25, 0.3) is 5.91 Å². The van der Waals surface area contributed by atoms with Crippen molar-refractivity contribution >= 4 is 34.6 Å². The molecule has 7 nitrogen and oxygen atoms in total. The van der Waals surface area contributed by atoms with Gasteiger partial charge in [-0.2, -0.15) is 0 Å². The van der Waals surface area contributed by atoms with E-state index in [2.05, 4.69) is 20.2 Å². The lowest BCUT2D eigenvalue weighted by molar-refractivity contribution is -0.535. The van der Waals surface area contributed by atoms with Crippen LogP contribution in [-0.4, -0.2) is 40.2 Å². The molecule has 4 rings (SSSR count). The van der Waals surface area contributed by atoms with Gasteiger partial charge < -0.3 is 16.4 Å². The van der Waals surface area contributed by atoms with E-state index in [-0.39, 0.29) is 17.5 Å². The molecule has 1 aliphatic heterocycles. The first-order valence-corrected chi connectivity index (χ1v) is 11.1. The standard InChI is InChI=1S/C24H29N5O2/c25-19-8-2-3-9-20(19)28-24(31)21-12-11-18(16-26-21)27-23(30)13-15-29-14-5-7-17-6-1-4-10-22(17)29/h2-3,8-9,11-12,16-17H,1,4-7,10,13-15H2,(H3-,25,26,27,28,30,31)/p+1/t17-/m0/s1. The highest BCUT2D eigenvalue weighted by Gasteiger charge is 2.31. The van der Waals surface area contributed by atoms with Crippen LogP contribution in [0.25, 0.3) is 0 Å². The number of anilines is 3. The summed E-state index contributed by atoms with van der Waals surface area (Å²) in [6.45, 7) is 1.83. The molecule has 1 fully saturated rings. The van der Waals surface area contributed by atoms with E-state index in [9.17, 15) is 9.59 Å². The highest BCUT2D eigenvalue weighted by Crippen LogP contribution is 2.28. The Labute approximate surface area is 182 Å². The quantitative estimate of drug-likeness (QED) is 0.490. The van der Waals surface area contributed by atoms with Crippen molar-refractivity contribution in [3.05, 3.63) is 48.3 Å². The number of pyridine rings is 1. The minimum Gasteiger partial charge on any atom is -0.397 e. The molecule has 0 saturated heterocycles. The lowest BCUT2D eigenvalue weighted by atomic mass is 9.82.